The number of hydrogen-bond acceptors (Lipinski definition) is 9. The van der Waals surface area contributed by atoms with Gasteiger partial charge in [-0.1, -0.05) is 13.5 Å². The lowest BCUT2D eigenvalue weighted by atomic mass is 10.1. The van der Waals surface area contributed by atoms with E-state index in [0.717, 1.165) is 0 Å². The number of hydrogen-bond donors (Lipinski definition) is 2. The molecule has 1 saturated heterocycles. The van der Waals surface area contributed by atoms with Crippen molar-refractivity contribution in [1.82, 2.24) is 24.6 Å². The van der Waals surface area contributed by atoms with E-state index in [1.54, 1.807) is 33.2 Å². The highest BCUT2D eigenvalue weighted by Crippen LogP contribution is 2.33. The number of nitrogens with zero attached hydrogens (tertiary/aromatic N) is 5. The number of aryl methyl sites for hydroxylation is 1. The van der Waals surface area contributed by atoms with Gasteiger partial charge in [0.1, 0.15) is 28.2 Å². The number of urea groups is 1. The SMILES string of the molecule is C=C(OC)/C(=C(\CC)OC)n1c(NS(=O)(=O)[C@@H]2C[C@H](O)CN(C(=O)N(C)C)C2)nnc1-c1ccc(C)o1. The smallest absolute Gasteiger partial charge is 0.319 e. The molecule has 1 aliphatic rings. The highest BCUT2D eigenvalue weighted by atomic mass is 32.2. The molecule has 0 bridgehead atoms. The molecule has 2 amide bonds. The predicted molar refractivity (Wildman–Crippen MR) is 137 cm³/mol. The number of carbonyl (C=O) groups is 1. The van der Waals surface area contributed by atoms with Crippen molar-refractivity contribution in [1.29, 1.82) is 0 Å². The van der Waals surface area contributed by atoms with Crippen LogP contribution in [-0.2, 0) is 19.5 Å². The van der Waals surface area contributed by atoms with Crippen LogP contribution in [0.3, 0.4) is 0 Å². The standard InChI is InChI=1S/C23H34N6O7S/c1-8-18(35-7)20(15(3)34-6)29-21(19-10-9-14(2)36-19)24-25-22(29)26-37(32,33)17-11-16(30)12-28(13-17)23(31)27(4)5/h9-10,16-17,30H,3,8,11-13H2,1-2,4-7H3,(H,25,26)/b20-18-/t16-,17+/m0/s1. The maximum atomic E-state index is 13.5. The molecule has 0 aliphatic carbocycles. The van der Waals surface area contributed by atoms with E-state index in [4.69, 9.17) is 13.9 Å². The van der Waals surface area contributed by atoms with Crippen LogP contribution >= 0.6 is 0 Å². The van der Waals surface area contributed by atoms with Crippen LogP contribution in [0.5, 0.6) is 0 Å². The normalized spacial score (nSPS) is 18.7. The van der Waals surface area contributed by atoms with Gasteiger partial charge in [-0.05, 0) is 25.5 Å². The van der Waals surface area contributed by atoms with Crippen molar-refractivity contribution in [2.75, 3.05) is 46.1 Å². The molecular formula is C23H34N6O7S. The van der Waals surface area contributed by atoms with Crippen LogP contribution in [0.25, 0.3) is 17.3 Å². The van der Waals surface area contributed by atoms with Crippen LogP contribution in [-0.4, -0.2) is 96.9 Å². The molecule has 14 heteroatoms. The zero-order valence-electron chi connectivity index (χ0n) is 21.9. The quantitative estimate of drug-likeness (QED) is 0.361. The minimum Gasteiger partial charge on any atom is -0.499 e. The van der Waals surface area contributed by atoms with Crippen molar-refractivity contribution in [3.05, 3.63) is 36.0 Å². The summed E-state index contributed by atoms with van der Waals surface area (Å²) in [5.41, 5.74) is 0.298. The Labute approximate surface area is 216 Å². The van der Waals surface area contributed by atoms with Crippen molar-refractivity contribution in [3.63, 3.8) is 0 Å². The first-order chi connectivity index (χ1) is 17.4. The van der Waals surface area contributed by atoms with E-state index in [2.05, 4.69) is 21.5 Å². The first-order valence-electron chi connectivity index (χ1n) is 11.6. The highest BCUT2D eigenvalue weighted by Gasteiger charge is 2.38. The molecule has 2 aromatic heterocycles. The number of aliphatic hydroxyl groups is 1. The maximum Gasteiger partial charge on any atom is 0.319 e. The zero-order chi connectivity index (χ0) is 27.5. The number of piperidine rings is 1. The van der Waals surface area contributed by atoms with E-state index < -0.39 is 27.4 Å². The van der Waals surface area contributed by atoms with Gasteiger partial charge in [-0.25, -0.2) is 13.2 Å². The van der Waals surface area contributed by atoms with E-state index in [1.165, 1.54) is 28.6 Å². The lowest BCUT2D eigenvalue weighted by molar-refractivity contribution is 0.0777. The maximum absolute atomic E-state index is 13.5. The molecule has 0 aromatic carbocycles. The summed E-state index contributed by atoms with van der Waals surface area (Å²) in [6.45, 7) is 7.49. The van der Waals surface area contributed by atoms with Crippen LogP contribution in [0.15, 0.2) is 34.6 Å². The first-order valence-corrected chi connectivity index (χ1v) is 13.2. The fourth-order valence-electron chi connectivity index (χ4n) is 4.09. The number of sulfonamides is 1. The largest absolute Gasteiger partial charge is 0.499 e. The van der Waals surface area contributed by atoms with E-state index in [-0.39, 0.29) is 37.0 Å². The van der Waals surface area contributed by atoms with Crippen LogP contribution < -0.4 is 4.72 Å². The third-order valence-electron chi connectivity index (χ3n) is 5.91. The van der Waals surface area contributed by atoms with Crippen LogP contribution in [0, 0.1) is 6.92 Å². The number of β-amino-alcohol motifs (C(OH)–C–C–N with tert-alkyl or cyclic N) is 1. The molecule has 1 aliphatic heterocycles. The van der Waals surface area contributed by atoms with E-state index >= 15 is 0 Å². The van der Waals surface area contributed by atoms with Gasteiger partial charge in [-0.2, -0.15) is 0 Å². The number of furan rings is 1. The van der Waals surface area contributed by atoms with Crippen LogP contribution in [0.2, 0.25) is 0 Å². The number of rotatable bonds is 9. The Hall–Kier alpha value is -3.52. The molecule has 0 saturated carbocycles. The summed E-state index contributed by atoms with van der Waals surface area (Å²) in [4.78, 5) is 15.1. The van der Waals surface area contributed by atoms with Crippen molar-refractivity contribution in [2.45, 2.75) is 38.0 Å². The molecule has 3 heterocycles. The molecule has 3 rings (SSSR count). The highest BCUT2D eigenvalue weighted by molar-refractivity contribution is 7.93. The van der Waals surface area contributed by atoms with Gasteiger partial charge in [0.2, 0.25) is 21.8 Å². The third-order valence-corrected chi connectivity index (χ3v) is 7.59. The van der Waals surface area contributed by atoms with Crippen molar-refractivity contribution in [2.24, 2.45) is 0 Å². The minimum atomic E-state index is -4.16. The summed E-state index contributed by atoms with van der Waals surface area (Å²) in [6, 6.07) is 3.03. The van der Waals surface area contributed by atoms with Crippen molar-refractivity contribution >= 4 is 27.7 Å². The molecule has 2 atom stereocenters. The van der Waals surface area contributed by atoms with E-state index in [0.29, 0.717) is 29.4 Å². The number of methoxy groups -OCH3 is 2. The summed E-state index contributed by atoms with van der Waals surface area (Å²) in [7, 11) is 1.86. The summed E-state index contributed by atoms with van der Waals surface area (Å²) in [6.07, 6.45) is -0.648. The van der Waals surface area contributed by atoms with E-state index in [9.17, 15) is 18.3 Å². The van der Waals surface area contributed by atoms with Gasteiger partial charge in [0.05, 0.1) is 20.3 Å². The second-order valence-electron chi connectivity index (χ2n) is 8.79. The number of anilines is 1. The number of amides is 2. The second kappa shape index (κ2) is 11.3. The second-order valence-corrected chi connectivity index (χ2v) is 10.8. The average molecular weight is 539 g/mol. The molecule has 13 nitrogen and oxygen atoms in total. The lowest BCUT2D eigenvalue weighted by Gasteiger charge is -2.36. The fraction of sp³-hybridized carbons (Fsp3) is 0.522. The lowest BCUT2D eigenvalue weighted by Crippen LogP contribution is -2.54. The molecule has 1 fully saturated rings. The number of likely N-dealkylation sites (tertiary alicyclic amines) is 1. The predicted octanol–water partition coefficient (Wildman–Crippen LogP) is 2.09. The summed E-state index contributed by atoms with van der Waals surface area (Å²) < 4.78 is 47.7. The minimum absolute atomic E-state index is 0.0372. The number of aliphatic hydroxyl groups excluding tert-OH is 1. The Morgan fingerprint density at radius 2 is 1.97 bits per heavy atom. The van der Waals surface area contributed by atoms with Gasteiger partial charge in [-0.3, -0.25) is 9.29 Å². The first kappa shape index (κ1) is 28.1. The summed E-state index contributed by atoms with van der Waals surface area (Å²) in [5.74, 6) is 1.60. The van der Waals surface area contributed by atoms with Crippen LogP contribution in [0.4, 0.5) is 10.7 Å². The Bertz CT molecular complexity index is 1270. The van der Waals surface area contributed by atoms with Gasteiger partial charge >= 0.3 is 6.03 Å². The number of aromatic nitrogens is 3. The number of ether oxygens (including phenoxy) is 2. The van der Waals surface area contributed by atoms with Crippen molar-refractivity contribution in [3.8, 4) is 11.6 Å². The molecule has 37 heavy (non-hydrogen) atoms. The summed E-state index contributed by atoms with van der Waals surface area (Å²) in [5, 5.41) is 17.5. The van der Waals surface area contributed by atoms with Gasteiger partial charge in [0, 0.05) is 33.6 Å². The molecule has 0 spiro atoms. The van der Waals surface area contributed by atoms with Gasteiger partial charge < -0.3 is 28.8 Å². The zero-order valence-corrected chi connectivity index (χ0v) is 22.7. The number of nitrogens with one attached hydrogen (secondary N) is 1. The topological polar surface area (TPSA) is 152 Å². The van der Waals surface area contributed by atoms with E-state index in [1.807, 2.05) is 6.92 Å². The Balaban J connectivity index is 2.11. The molecule has 0 unspecified atom stereocenters. The number of carbonyl (C=O) groups excluding carboxylic acids is 1. The molecular weight excluding hydrogens is 504 g/mol. The van der Waals surface area contributed by atoms with Crippen molar-refractivity contribution < 1.29 is 32.2 Å². The molecule has 2 aromatic rings. The average Bonchev–Trinajstić information content (AvgIpc) is 3.46. The molecule has 204 valence electrons. The van der Waals surface area contributed by atoms with Gasteiger partial charge in [0.15, 0.2) is 5.76 Å². The third kappa shape index (κ3) is 5.91. The van der Waals surface area contributed by atoms with Crippen LogP contribution in [0.1, 0.15) is 25.5 Å². The van der Waals surface area contributed by atoms with Gasteiger partial charge in [0.25, 0.3) is 0 Å². The number of allylic oxidation sites excluding steroid dienone is 2. The van der Waals surface area contributed by atoms with Gasteiger partial charge in [-0.15, -0.1) is 10.2 Å². The monoisotopic (exact) mass is 538 g/mol. The Morgan fingerprint density at radius 3 is 2.51 bits per heavy atom. The Morgan fingerprint density at radius 1 is 1.27 bits per heavy atom. The Kier molecular flexibility index (Phi) is 8.53. The molecule has 2 N–H and O–H groups in total. The fourth-order valence-corrected chi connectivity index (χ4v) is 5.49. The summed E-state index contributed by atoms with van der Waals surface area (Å²) >= 11 is 0. The molecule has 0 radical (unpaired) electrons.